The van der Waals surface area contributed by atoms with E-state index in [4.69, 9.17) is 10.3 Å². The smallest absolute Gasteiger partial charge is 0.353 e. The van der Waals surface area contributed by atoms with Gasteiger partial charge in [0.25, 0.3) is 0 Å². The van der Waals surface area contributed by atoms with Gasteiger partial charge in [0.05, 0.1) is 17.8 Å². The summed E-state index contributed by atoms with van der Waals surface area (Å²) in [5, 5.41) is 8.43. The van der Waals surface area contributed by atoms with Crippen molar-refractivity contribution in [1.29, 1.82) is 0 Å². The summed E-state index contributed by atoms with van der Waals surface area (Å²) in [5.41, 5.74) is 8.25. The maximum absolute atomic E-state index is 13.6. The highest BCUT2D eigenvalue weighted by Gasteiger charge is 2.22. The van der Waals surface area contributed by atoms with Crippen molar-refractivity contribution in [1.82, 2.24) is 28.9 Å². The fraction of sp³-hybridized carbons (Fsp3) is 0.136. The van der Waals surface area contributed by atoms with Crippen LogP contribution in [0.1, 0.15) is 11.5 Å². The van der Waals surface area contributed by atoms with E-state index in [9.17, 15) is 14.0 Å². The average Bonchev–Trinajstić information content (AvgIpc) is 3.34. The van der Waals surface area contributed by atoms with Crippen molar-refractivity contribution >= 4 is 11.6 Å². The summed E-state index contributed by atoms with van der Waals surface area (Å²) in [6, 6.07) is 10.5. The van der Waals surface area contributed by atoms with E-state index in [1.54, 1.807) is 44.4 Å². The molecule has 0 bridgehead atoms. The van der Waals surface area contributed by atoms with Crippen molar-refractivity contribution in [3.8, 4) is 22.4 Å². The molecule has 0 atom stereocenters. The number of aromatic nitrogens is 6. The van der Waals surface area contributed by atoms with Crippen molar-refractivity contribution in [3.63, 3.8) is 0 Å². The molecule has 0 aliphatic rings. The lowest BCUT2D eigenvalue weighted by Crippen LogP contribution is -2.23. The quantitative estimate of drug-likeness (QED) is 0.446. The molecule has 0 unspecified atom stereocenters. The van der Waals surface area contributed by atoms with Gasteiger partial charge in [-0.25, -0.2) is 23.3 Å². The molecule has 166 valence electrons. The summed E-state index contributed by atoms with van der Waals surface area (Å²) in [6.07, 6.45) is 1.62. The minimum Gasteiger partial charge on any atom is -0.369 e. The van der Waals surface area contributed by atoms with E-state index < -0.39 is 11.5 Å². The van der Waals surface area contributed by atoms with Gasteiger partial charge >= 0.3 is 5.69 Å². The second-order valence-corrected chi connectivity index (χ2v) is 7.60. The van der Waals surface area contributed by atoms with Gasteiger partial charge in [-0.05, 0) is 37.3 Å². The maximum atomic E-state index is 13.6. The molecule has 0 saturated carbocycles. The summed E-state index contributed by atoms with van der Waals surface area (Å²) in [7, 11) is 1.61. The Morgan fingerprint density at radius 1 is 1.09 bits per heavy atom. The number of aryl methyl sites for hydroxylation is 2. The fourth-order valence-electron chi connectivity index (χ4n) is 3.68. The van der Waals surface area contributed by atoms with Crippen LogP contribution in [0.5, 0.6) is 0 Å². The molecular formula is C22H18FN7O3. The van der Waals surface area contributed by atoms with Crippen LogP contribution in [-0.2, 0) is 13.6 Å². The lowest BCUT2D eigenvalue weighted by atomic mass is 10.0. The highest BCUT2D eigenvalue weighted by molar-refractivity contribution is 5.90. The first-order valence-corrected chi connectivity index (χ1v) is 9.96. The average molecular weight is 447 g/mol. The predicted octanol–water partition coefficient (Wildman–Crippen LogP) is 1.99. The number of nitrogen functional groups attached to an aromatic ring is 1. The van der Waals surface area contributed by atoms with Crippen molar-refractivity contribution in [2.75, 3.05) is 5.73 Å². The van der Waals surface area contributed by atoms with Crippen molar-refractivity contribution in [2.24, 2.45) is 7.05 Å². The standard InChI is InChI=1S/C22H18FN7O3/c1-12-9-16(27-33-12)11-29-22(32)30-20(26-29)18(14-5-8-17(31)28(2)10-14)19(25-21(30)24)13-3-6-15(23)7-4-13/h3-10H,11H2,1-2H3,(H2,24,25). The molecule has 10 nitrogen and oxygen atoms in total. The number of hydrogen-bond acceptors (Lipinski definition) is 7. The van der Waals surface area contributed by atoms with Gasteiger partial charge in [0, 0.05) is 36.5 Å². The first-order chi connectivity index (χ1) is 15.8. The first-order valence-electron chi connectivity index (χ1n) is 9.96. The zero-order valence-electron chi connectivity index (χ0n) is 17.7. The Bertz CT molecular complexity index is 1630. The summed E-state index contributed by atoms with van der Waals surface area (Å²) in [5.74, 6) is 0.123. The van der Waals surface area contributed by atoms with Crippen LogP contribution in [0.25, 0.3) is 28.0 Å². The first kappa shape index (κ1) is 20.4. The van der Waals surface area contributed by atoms with Gasteiger partial charge in [0.15, 0.2) is 5.65 Å². The SMILES string of the molecule is Cc1cc(Cn2nc3c(-c4ccc(=O)n(C)c4)c(-c4ccc(F)cc4)nc(N)n3c2=O)no1. The Morgan fingerprint density at radius 2 is 1.82 bits per heavy atom. The highest BCUT2D eigenvalue weighted by Crippen LogP contribution is 2.34. The molecule has 0 aliphatic heterocycles. The minimum atomic E-state index is -0.507. The van der Waals surface area contributed by atoms with Gasteiger partial charge in [-0.2, -0.15) is 0 Å². The predicted molar refractivity (Wildman–Crippen MR) is 118 cm³/mol. The molecule has 11 heteroatoms. The molecule has 0 spiro atoms. The number of fused-ring (bicyclic) bond motifs is 1. The van der Waals surface area contributed by atoms with E-state index in [0.29, 0.717) is 33.8 Å². The molecular weight excluding hydrogens is 429 g/mol. The Labute approximate surface area is 185 Å². The van der Waals surface area contributed by atoms with Gasteiger partial charge in [0.1, 0.15) is 17.3 Å². The Kier molecular flexibility index (Phi) is 4.66. The van der Waals surface area contributed by atoms with Crippen LogP contribution in [0, 0.1) is 12.7 Å². The Morgan fingerprint density at radius 3 is 2.48 bits per heavy atom. The van der Waals surface area contributed by atoms with Crippen LogP contribution in [0.15, 0.2) is 62.8 Å². The third-order valence-corrected chi connectivity index (χ3v) is 5.24. The van der Waals surface area contributed by atoms with Gasteiger partial charge in [-0.15, -0.1) is 5.10 Å². The van der Waals surface area contributed by atoms with E-state index in [1.807, 2.05) is 0 Å². The van der Waals surface area contributed by atoms with Gasteiger partial charge in [0.2, 0.25) is 11.5 Å². The van der Waals surface area contributed by atoms with Crippen LogP contribution in [0.3, 0.4) is 0 Å². The number of anilines is 1. The molecule has 4 aromatic heterocycles. The summed E-state index contributed by atoms with van der Waals surface area (Å²) in [6.45, 7) is 1.81. The summed E-state index contributed by atoms with van der Waals surface area (Å²) >= 11 is 0. The molecule has 0 radical (unpaired) electrons. The maximum Gasteiger partial charge on any atom is 0.353 e. The second-order valence-electron chi connectivity index (χ2n) is 7.60. The van der Waals surface area contributed by atoms with Crippen LogP contribution >= 0.6 is 0 Å². The monoisotopic (exact) mass is 447 g/mol. The van der Waals surface area contributed by atoms with E-state index in [1.165, 1.54) is 31.8 Å². The summed E-state index contributed by atoms with van der Waals surface area (Å²) < 4.78 is 22.5. The molecule has 33 heavy (non-hydrogen) atoms. The number of rotatable bonds is 4. The largest absolute Gasteiger partial charge is 0.369 e. The number of halogens is 1. The van der Waals surface area contributed by atoms with Crippen molar-refractivity contribution < 1.29 is 8.91 Å². The molecule has 1 aromatic carbocycles. The minimum absolute atomic E-state index is 0.0654. The number of nitrogens with zero attached hydrogens (tertiary/aromatic N) is 6. The van der Waals surface area contributed by atoms with E-state index in [0.717, 1.165) is 0 Å². The molecule has 2 N–H and O–H groups in total. The lowest BCUT2D eigenvalue weighted by Gasteiger charge is -2.12. The molecule has 0 aliphatic carbocycles. The van der Waals surface area contributed by atoms with Crippen LogP contribution in [-0.4, -0.2) is 28.9 Å². The molecule has 0 fully saturated rings. The zero-order valence-corrected chi connectivity index (χ0v) is 17.7. The third kappa shape index (κ3) is 3.49. The normalized spacial score (nSPS) is 11.4. The van der Waals surface area contributed by atoms with E-state index in [2.05, 4.69) is 15.2 Å². The van der Waals surface area contributed by atoms with Crippen molar-refractivity contribution in [3.05, 3.63) is 86.8 Å². The number of pyridine rings is 1. The van der Waals surface area contributed by atoms with Crippen LogP contribution in [0.2, 0.25) is 0 Å². The topological polar surface area (TPSA) is 126 Å². The third-order valence-electron chi connectivity index (χ3n) is 5.24. The van der Waals surface area contributed by atoms with Crippen LogP contribution in [0.4, 0.5) is 10.3 Å². The van der Waals surface area contributed by atoms with Crippen LogP contribution < -0.4 is 17.0 Å². The molecule has 0 saturated heterocycles. The Balaban J connectivity index is 1.82. The Hall–Kier alpha value is -4.54. The van der Waals surface area contributed by atoms with E-state index >= 15 is 0 Å². The molecule has 0 amide bonds. The molecule has 4 heterocycles. The van der Waals surface area contributed by atoms with Crippen molar-refractivity contribution in [2.45, 2.75) is 13.5 Å². The van der Waals surface area contributed by atoms with Gasteiger partial charge in [-0.3, -0.25) is 4.79 Å². The number of hydrogen-bond donors (Lipinski definition) is 1. The highest BCUT2D eigenvalue weighted by atomic mass is 19.1. The van der Waals surface area contributed by atoms with Gasteiger partial charge in [-0.1, -0.05) is 5.16 Å². The number of nitrogens with two attached hydrogens (primary N) is 1. The second kappa shape index (κ2) is 7.55. The number of benzene rings is 1. The van der Waals surface area contributed by atoms with Gasteiger partial charge < -0.3 is 14.8 Å². The molecule has 5 rings (SSSR count). The lowest BCUT2D eigenvalue weighted by molar-refractivity contribution is 0.387. The molecule has 5 aromatic rings. The fourth-order valence-corrected chi connectivity index (χ4v) is 3.68. The van der Waals surface area contributed by atoms with E-state index in [-0.39, 0.29) is 23.7 Å². The zero-order chi connectivity index (χ0) is 23.3. The summed E-state index contributed by atoms with van der Waals surface area (Å²) in [4.78, 5) is 29.6.